The Kier molecular flexibility index (Phi) is 2.47. The average Bonchev–Trinajstić information content (AvgIpc) is 2.03. The summed E-state index contributed by atoms with van der Waals surface area (Å²) in [4.78, 5) is 10.1. The molecule has 0 atom stereocenters. The SMILES string of the molecule is O=C(O)C=C=C1C=CC=CC1. The molecule has 0 saturated heterocycles. The van der Waals surface area contributed by atoms with E-state index in [1.54, 1.807) is 0 Å². The third-order valence-electron chi connectivity index (χ3n) is 1.26. The number of carboxylic acids is 1. The Balaban J connectivity index is 2.75. The highest BCUT2D eigenvalue weighted by Crippen LogP contribution is 2.07. The Bertz CT molecular complexity index is 276. The van der Waals surface area contributed by atoms with Crippen LogP contribution < -0.4 is 0 Å². The summed E-state index contributed by atoms with van der Waals surface area (Å²) in [6.45, 7) is 0. The van der Waals surface area contributed by atoms with E-state index < -0.39 is 5.97 Å². The summed E-state index contributed by atoms with van der Waals surface area (Å²) in [5.41, 5.74) is 3.57. The van der Waals surface area contributed by atoms with Crippen LogP contribution in [0.25, 0.3) is 0 Å². The molecule has 1 rings (SSSR count). The second-order valence-electron chi connectivity index (χ2n) is 2.14. The average molecular weight is 148 g/mol. The number of allylic oxidation sites excluding steroid dienone is 4. The minimum atomic E-state index is -0.958. The molecule has 0 heterocycles. The van der Waals surface area contributed by atoms with Gasteiger partial charge in [0.1, 0.15) is 0 Å². The monoisotopic (exact) mass is 148 g/mol. The van der Waals surface area contributed by atoms with Gasteiger partial charge >= 0.3 is 5.97 Å². The minimum absolute atomic E-state index is 0.764. The molecule has 0 aromatic carbocycles. The summed E-state index contributed by atoms with van der Waals surface area (Å²) < 4.78 is 0. The molecular weight excluding hydrogens is 140 g/mol. The van der Waals surface area contributed by atoms with Crippen LogP contribution in [0.5, 0.6) is 0 Å². The van der Waals surface area contributed by atoms with Gasteiger partial charge in [0.2, 0.25) is 0 Å². The summed E-state index contributed by atoms with van der Waals surface area (Å²) in [5.74, 6) is -0.958. The van der Waals surface area contributed by atoms with Gasteiger partial charge in [-0.2, -0.15) is 0 Å². The first-order valence-electron chi connectivity index (χ1n) is 3.31. The topological polar surface area (TPSA) is 37.3 Å². The van der Waals surface area contributed by atoms with Crippen molar-refractivity contribution in [1.29, 1.82) is 0 Å². The molecule has 11 heavy (non-hydrogen) atoms. The molecule has 1 N–H and O–H groups in total. The van der Waals surface area contributed by atoms with Crippen LogP contribution in [0.1, 0.15) is 6.42 Å². The maximum atomic E-state index is 10.1. The van der Waals surface area contributed by atoms with E-state index in [1.165, 1.54) is 0 Å². The third kappa shape index (κ3) is 2.70. The quantitative estimate of drug-likeness (QED) is 0.453. The van der Waals surface area contributed by atoms with Gasteiger partial charge in [0.15, 0.2) is 0 Å². The Labute approximate surface area is 64.9 Å². The van der Waals surface area contributed by atoms with Crippen molar-refractivity contribution in [2.45, 2.75) is 6.42 Å². The molecule has 0 aliphatic heterocycles. The molecular formula is C9H8O2. The Hall–Kier alpha value is -1.53. The van der Waals surface area contributed by atoms with E-state index in [0.717, 1.165) is 18.1 Å². The van der Waals surface area contributed by atoms with Crippen molar-refractivity contribution < 1.29 is 9.90 Å². The molecule has 0 spiro atoms. The molecule has 0 fully saturated rings. The molecule has 0 unspecified atom stereocenters. The molecule has 0 amide bonds. The molecule has 2 heteroatoms. The highest BCUT2D eigenvalue weighted by molar-refractivity contribution is 5.79. The fraction of sp³-hybridized carbons (Fsp3) is 0.111. The van der Waals surface area contributed by atoms with Gasteiger partial charge in [-0.3, -0.25) is 0 Å². The lowest BCUT2D eigenvalue weighted by Crippen LogP contribution is -1.85. The summed E-state index contributed by atoms with van der Waals surface area (Å²) in [6, 6.07) is 0. The number of rotatable bonds is 1. The number of hydrogen-bond donors (Lipinski definition) is 1. The van der Waals surface area contributed by atoms with Crippen LogP contribution in [0.3, 0.4) is 0 Å². The van der Waals surface area contributed by atoms with Gasteiger partial charge in [-0.15, -0.1) is 5.73 Å². The number of aliphatic carboxylic acids is 1. The zero-order valence-corrected chi connectivity index (χ0v) is 5.95. The van der Waals surface area contributed by atoms with Crippen LogP contribution in [-0.2, 0) is 4.79 Å². The van der Waals surface area contributed by atoms with Gasteiger partial charge < -0.3 is 5.11 Å². The maximum Gasteiger partial charge on any atom is 0.336 e. The fourth-order valence-corrected chi connectivity index (χ4v) is 0.775. The molecule has 0 aromatic heterocycles. The smallest absolute Gasteiger partial charge is 0.336 e. The standard InChI is InChI=1S/C9H8O2/c10-9(11)7-6-8-4-2-1-3-5-8/h1-4,7H,5H2,(H,10,11). The van der Waals surface area contributed by atoms with Crippen LogP contribution in [0.2, 0.25) is 0 Å². The zero-order valence-electron chi connectivity index (χ0n) is 5.95. The van der Waals surface area contributed by atoms with Gasteiger partial charge in [-0.05, 0) is 12.0 Å². The summed E-state index contributed by atoms with van der Waals surface area (Å²) in [7, 11) is 0. The van der Waals surface area contributed by atoms with E-state index in [9.17, 15) is 4.79 Å². The predicted octanol–water partition coefficient (Wildman–Crippen LogP) is 1.67. The first kappa shape index (κ1) is 7.58. The van der Waals surface area contributed by atoms with Crippen molar-refractivity contribution in [3.8, 4) is 0 Å². The molecule has 1 aliphatic carbocycles. The lowest BCUT2D eigenvalue weighted by molar-refractivity contribution is -0.131. The van der Waals surface area contributed by atoms with E-state index in [-0.39, 0.29) is 0 Å². The van der Waals surface area contributed by atoms with Crippen LogP contribution in [0.15, 0.2) is 41.7 Å². The maximum absolute atomic E-state index is 10.1. The first-order chi connectivity index (χ1) is 5.29. The van der Waals surface area contributed by atoms with E-state index in [0.29, 0.717) is 0 Å². The zero-order chi connectivity index (χ0) is 8.10. The number of hydrogen-bond acceptors (Lipinski definition) is 1. The molecule has 0 bridgehead atoms. The molecule has 2 nitrogen and oxygen atoms in total. The van der Waals surface area contributed by atoms with Crippen LogP contribution >= 0.6 is 0 Å². The van der Waals surface area contributed by atoms with Crippen molar-refractivity contribution in [3.05, 3.63) is 41.7 Å². The first-order valence-corrected chi connectivity index (χ1v) is 3.31. The second kappa shape index (κ2) is 3.59. The van der Waals surface area contributed by atoms with Crippen molar-refractivity contribution in [2.24, 2.45) is 0 Å². The molecule has 56 valence electrons. The summed E-state index contributed by atoms with van der Waals surface area (Å²) in [5, 5.41) is 8.27. The highest BCUT2D eigenvalue weighted by Gasteiger charge is 1.90. The van der Waals surface area contributed by atoms with Gasteiger partial charge in [-0.1, -0.05) is 24.3 Å². The lowest BCUT2D eigenvalue weighted by Gasteiger charge is -1.95. The highest BCUT2D eigenvalue weighted by atomic mass is 16.4. The van der Waals surface area contributed by atoms with Gasteiger partial charge in [0.25, 0.3) is 0 Å². The van der Waals surface area contributed by atoms with Crippen molar-refractivity contribution >= 4 is 5.97 Å². The van der Waals surface area contributed by atoms with E-state index in [1.807, 2.05) is 24.3 Å². The minimum Gasteiger partial charge on any atom is -0.478 e. The van der Waals surface area contributed by atoms with Gasteiger partial charge in [0.05, 0.1) is 6.08 Å². The van der Waals surface area contributed by atoms with Crippen LogP contribution in [-0.4, -0.2) is 11.1 Å². The largest absolute Gasteiger partial charge is 0.478 e. The Morgan fingerprint density at radius 2 is 2.45 bits per heavy atom. The lowest BCUT2D eigenvalue weighted by atomic mass is 10.1. The van der Waals surface area contributed by atoms with Gasteiger partial charge in [0, 0.05) is 0 Å². The number of carbonyl (C=O) groups is 1. The third-order valence-corrected chi connectivity index (χ3v) is 1.26. The van der Waals surface area contributed by atoms with Crippen molar-refractivity contribution in [3.63, 3.8) is 0 Å². The predicted molar refractivity (Wildman–Crippen MR) is 42.1 cm³/mol. The second-order valence-corrected chi connectivity index (χ2v) is 2.14. The summed E-state index contributed by atoms with van der Waals surface area (Å²) in [6.07, 6.45) is 9.38. The van der Waals surface area contributed by atoms with E-state index >= 15 is 0 Å². The molecule has 0 radical (unpaired) electrons. The normalized spacial score (nSPS) is 14.4. The molecule has 1 aliphatic rings. The Morgan fingerprint density at radius 3 is 3.00 bits per heavy atom. The summed E-state index contributed by atoms with van der Waals surface area (Å²) >= 11 is 0. The van der Waals surface area contributed by atoms with Crippen molar-refractivity contribution in [1.82, 2.24) is 0 Å². The van der Waals surface area contributed by atoms with E-state index in [2.05, 4.69) is 5.73 Å². The molecule has 0 aromatic rings. The van der Waals surface area contributed by atoms with Crippen LogP contribution in [0, 0.1) is 0 Å². The Morgan fingerprint density at radius 1 is 1.64 bits per heavy atom. The fourth-order valence-electron chi connectivity index (χ4n) is 0.775. The van der Waals surface area contributed by atoms with Gasteiger partial charge in [-0.25, -0.2) is 4.79 Å². The number of carboxylic acid groups (broad SMARTS) is 1. The van der Waals surface area contributed by atoms with E-state index in [4.69, 9.17) is 5.11 Å². The molecule has 0 saturated carbocycles. The van der Waals surface area contributed by atoms with Crippen LogP contribution in [0.4, 0.5) is 0 Å². The van der Waals surface area contributed by atoms with Crippen molar-refractivity contribution in [2.75, 3.05) is 0 Å².